The van der Waals surface area contributed by atoms with Gasteiger partial charge in [0.15, 0.2) is 0 Å². The van der Waals surface area contributed by atoms with E-state index < -0.39 is 5.54 Å². The molecule has 5 heteroatoms. The molecule has 3 atom stereocenters. The van der Waals surface area contributed by atoms with Gasteiger partial charge in [0.2, 0.25) is 5.91 Å². The minimum absolute atomic E-state index is 0.0396. The van der Waals surface area contributed by atoms with E-state index in [1.165, 1.54) is 0 Å². The molecule has 1 rings (SSSR count). The fraction of sp³-hybridized carbons (Fsp3) is 0.929. The van der Waals surface area contributed by atoms with Crippen molar-refractivity contribution in [2.75, 3.05) is 13.7 Å². The first kappa shape index (κ1) is 16.4. The van der Waals surface area contributed by atoms with Crippen LogP contribution in [0.5, 0.6) is 0 Å². The van der Waals surface area contributed by atoms with E-state index in [1.807, 2.05) is 20.8 Å². The Morgan fingerprint density at radius 2 is 2.16 bits per heavy atom. The molecular formula is C14H28N2O3. The molecule has 3 unspecified atom stereocenters. The van der Waals surface area contributed by atoms with E-state index in [2.05, 4.69) is 5.32 Å². The first-order chi connectivity index (χ1) is 8.89. The predicted octanol–water partition coefficient (Wildman–Crippen LogP) is 1.20. The van der Waals surface area contributed by atoms with Crippen LogP contribution in [0.4, 0.5) is 0 Å². The Morgan fingerprint density at radius 3 is 2.68 bits per heavy atom. The highest BCUT2D eigenvalue weighted by Crippen LogP contribution is 2.31. The maximum absolute atomic E-state index is 11.8. The van der Waals surface area contributed by atoms with E-state index in [9.17, 15) is 4.79 Å². The van der Waals surface area contributed by atoms with Crippen molar-refractivity contribution in [3.8, 4) is 0 Å². The lowest BCUT2D eigenvalue weighted by Gasteiger charge is -2.41. The zero-order valence-corrected chi connectivity index (χ0v) is 12.6. The number of nitrogens with one attached hydrogen (secondary N) is 1. The highest BCUT2D eigenvalue weighted by Gasteiger charge is 2.42. The fourth-order valence-corrected chi connectivity index (χ4v) is 2.92. The quantitative estimate of drug-likeness (QED) is 0.730. The van der Waals surface area contributed by atoms with Crippen molar-refractivity contribution < 1.29 is 14.3 Å². The van der Waals surface area contributed by atoms with Gasteiger partial charge >= 0.3 is 0 Å². The molecule has 0 heterocycles. The van der Waals surface area contributed by atoms with Crippen molar-refractivity contribution in [2.24, 2.45) is 5.73 Å². The summed E-state index contributed by atoms with van der Waals surface area (Å²) in [6.07, 6.45) is 3.47. The zero-order chi connectivity index (χ0) is 14.5. The second-order valence-electron chi connectivity index (χ2n) is 5.87. The molecule has 0 bridgehead atoms. The van der Waals surface area contributed by atoms with Crippen molar-refractivity contribution in [3.63, 3.8) is 0 Å². The minimum Gasteiger partial charge on any atom is -0.382 e. The van der Waals surface area contributed by atoms with Crippen molar-refractivity contribution in [2.45, 2.75) is 70.2 Å². The molecule has 1 saturated carbocycles. The molecule has 0 aromatic rings. The topological polar surface area (TPSA) is 73.6 Å². The molecular weight excluding hydrogens is 244 g/mol. The van der Waals surface area contributed by atoms with Crippen LogP contribution < -0.4 is 11.1 Å². The molecule has 1 amide bonds. The van der Waals surface area contributed by atoms with Gasteiger partial charge < -0.3 is 20.5 Å². The molecule has 0 radical (unpaired) electrons. The Morgan fingerprint density at radius 1 is 1.47 bits per heavy atom. The Bertz CT molecular complexity index is 296. The van der Waals surface area contributed by atoms with Gasteiger partial charge in [-0.15, -0.1) is 0 Å². The van der Waals surface area contributed by atoms with E-state index in [1.54, 1.807) is 7.11 Å². The first-order valence-electron chi connectivity index (χ1n) is 7.11. The SMILES string of the molecule is COCC(C)OC1CCCC(NC(C)C)(C(N)=O)C1. The van der Waals surface area contributed by atoms with Crippen molar-refractivity contribution in [1.29, 1.82) is 0 Å². The molecule has 0 spiro atoms. The van der Waals surface area contributed by atoms with Gasteiger partial charge in [0.05, 0.1) is 18.8 Å². The van der Waals surface area contributed by atoms with Crippen molar-refractivity contribution in [3.05, 3.63) is 0 Å². The summed E-state index contributed by atoms with van der Waals surface area (Å²) in [5.74, 6) is -0.270. The largest absolute Gasteiger partial charge is 0.382 e. The summed E-state index contributed by atoms with van der Waals surface area (Å²) >= 11 is 0. The lowest BCUT2D eigenvalue weighted by atomic mass is 9.79. The zero-order valence-electron chi connectivity index (χ0n) is 12.6. The smallest absolute Gasteiger partial charge is 0.237 e. The van der Waals surface area contributed by atoms with Crippen LogP contribution >= 0.6 is 0 Å². The number of primary amides is 1. The highest BCUT2D eigenvalue weighted by molar-refractivity contribution is 5.84. The van der Waals surface area contributed by atoms with Gasteiger partial charge in [0, 0.05) is 19.6 Å². The van der Waals surface area contributed by atoms with Crippen molar-refractivity contribution >= 4 is 5.91 Å². The number of carbonyl (C=O) groups is 1. The molecule has 1 aliphatic rings. The Hall–Kier alpha value is -0.650. The monoisotopic (exact) mass is 272 g/mol. The summed E-state index contributed by atoms with van der Waals surface area (Å²) in [5.41, 5.74) is 5.00. The third kappa shape index (κ3) is 4.75. The third-order valence-electron chi connectivity index (χ3n) is 3.57. The number of rotatable bonds is 7. The molecule has 112 valence electrons. The Balaban J connectivity index is 2.66. The fourth-order valence-electron chi connectivity index (χ4n) is 2.92. The number of ether oxygens (including phenoxy) is 2. The number of amides is 1. The molecule has 3 N–H and O–H groups in total. The van der Waals surface area contributed by atoms with E-state index in [4.69, 9.17) is 15.2 Å². The van der Waals surface area contributed by atoms with Crippen LogP contribution in [0.15, 0.2) is 0 Å². The van der Waals surface area contributed by atoms with Crippen LogP contribution in [0.25, 0.3) is 0 Å². The van der Waals surface area contributed by atoms with E-state index >= 15 is 0 Å². The normalized spacial score (nSPS) is 29.4. The van der Waals surface area contributed by atoms with Gasteiger partial charge in [-0.05, 0) is 40.0 Å². The van der Waals surface area contributed by atoms with E-state index in [0.717, 1.165) is 19.3 Å². The van der Waals surface area contributed by atoms with Crippen LogP contribution in [0, 0.1) is 0 Å². The van der Waals surface area contributed by atoms with Gasteiger partial charge in [-0.1, -0.05) is 0 Å². The molecule has 0 aliphatic heterocycles. The van der Waals surface area contributed by atoms with Gasteiger partial charge in [-0.25, -0.2) is 0 Å². The van der Waals surface area contributed by atoms with Crippen LogP contribution in [0.2, 0.25) is 0 Å². The van der Waals surface area contributed by atoms with Crippen LogP contribution in [0.1, 0.15) is 46.5 Å². The summed E-state index contributed by atoms with van der Waals surface area (Å²) in [5, 5.41) is 3.34. The van der Waals surface area contributed by atoms with Gasteiger partial charge in [0.25, 0.3) is 0 Å². The second-order valence-corrected chi connectivity index (χ2v) is 5.87. The second kappa shape index (κ2) is 7.22. The first-order valence-corrected chi connectivity index (χ1v) is 7.11. The number of methoxy groups -OCH3 is 1. The van der Waals surface area contributed by atoms with Crippen molar-refractivity contribution in [1.82, 2.24) is 5.32 Å². The molecule has 0 aromatic heterocycles. The summed E-state index contributed by atoms with van der Waals surface area (Å²) in [6.45, 7) is 6.61. The molecule has 0 aromatic carbocycles. The average Bonchev–Trinajstić information content (AvgIpc) is 2.28. The summed E-state index contributed by atoms with van der Waals surface area (Å²) in [7, 11) is 1.66. The Labute approximate surface area is 116 Å². The highest BCUT2D eigenvalue weighted by atomic mass is 16.5. The summed E-state index contributed by atoms with van der Waals surface area (Å²) < 4.78 is 11.0. The maximum Gasteiger partial charge on any atom is 0.237 e. The molecule has 1 aliphatic carbocycles. The van der Waals surface area contributed by atoms with Crippen LogP contribution in [0.3, 0.4) is 0 Å². The summed E-state index contributed by atoms with van der Waals surface area (Å²) in [6, 6.07) is 0.225. The number of nitrogens with two attached hydrogens (primary N) is 1. The summed E-state index contributed by atoms with van der Waals surface area (Å²) in [4.78, 5) is 11.8. The lowest BCUT2D eigenvalue weighted by molar-refractivity contribution is -0.131. The van der Waals surface area contributed by atoms with E-state index in [-0.39, 0.29) is 24.2 Å². The van der Waals surface area contributed by atoms with Crippen LogP contribution in [-0.2, 0) is 14.3 Å². The molecule has 5 nitrogen and oxygen atoms in total. The van der Waals surface area contributed by atoms with Gasteiger partial charge in [-0.3, -0.25) is 4.79 Å². The maximum atomic E-state index is 11.8. The Kier molecular flexibility index (Phi) is 6.23. The standard InChI is InChI=1S/C14H28N2O3/c1-10(2)16-14(13(15)17)7-5-6-12(8-14)19-11(3)9-18-4/h10-12,16H,5-9H2,1-4H3,(H2,15,17). The molecule has 19 heavy (non-hydrogen) atoms. The average molecular weight is 272 g/mol. The van der Waals surface area contributed by atoms with Crippen LogP contribution in [-0.4, -0.2) is 43.4 Å². The third-order valence-corrected chi connectivity index (χ3v) is 3.57. The predicted molar refractivity (Wildman–Crippen MR) is 74.9 cm³/mol. The molecule has 1 fully saturated rings. The van der Waals surface area contributed by atoms with E-state index in [0.29, 0.717) is 13.0 Å². The van der Waals surface area contributed by atoms with Gasteiger partial charge in [0.1, 0.15) is 5.54 Å². The minimum atomic E-state index is -0.621. The number of hydrogen-bond acceptors (Lipinski definition) is 4. The lowest BCUT2D eigenvalue weighted by Crippen LogP contribution is -2.61. The van der Waals surface area contributed by atoms with Gasteiger partial charge in [-0.2, -0.15) is 0 Å². The number of carbonyl (C=O) groups excluding carboxylic acids is 1. The number of hydrogen-bond donors (Lipinski definition) is 2. The molecule has 0 saturated heterocycles.